The fourth-order valence-electron chi connectivity index (χ4n) is 3.30. The highest BCUT2D eigenvalue weighted by atomic mass is 16.4. The molecule has 1 aromatic carbocycles. The lowest BCUT2D eigenvalue weighted by Crippen LogP contribution is -2.49. The SMILES string of the molecule is Cc1c(-c2ccc[nH]2)c(=O)[nH]c2cc(N[C@@H](C=O)[C@@H](O)[C@H](O)[C@H](O)CO)ccc12. The van der Waals surface area contributed by atoms with Crippen LogP contribution in [0.15, 0.2) is 41.3 Å². The molecule has 7 N–H and O–H groups in total. The van der Waals surface area contributed by atoms with E-state index in [4.69, 9.17) is 5.11 Å². The second-order valence-electron chi connectivity index (χ2n) is 6.84. The maximum absolute atomic E-state index is 12.6. The van der Waals surface area contributed by atoms with Crippen molar-refractivity contribution in [2.75, 3.05) is 11.9 Å². The van der Waals surface area contributed by atoms with E-state index in [1.807, 2.05) is 13.0 Å². The molecule has 0 aliphatic heterocycles. The lowest BCUT2D eigenvalue weighted by molar-refractivity contribution is -0.117. The van der Waals surface area contributed by atoms with Crippen molar-refractivity contribution in [2.24, 2.45) is 0 Å². The Hall–Kier alpha value is -2.98. The lowest BCUT2D eigenvalue weighted by atomic mass is 10.0. The molecule has 2 heterocycles. The van der Waals surface area contributed by atoms with Gasteiger partial charge in [0.1, 0.15) is 30.6 Å². The fourth-order valence-corrected chi connectivity index (χ4v) is 3.30. The van der Waals surface area contributed by atoms with Gasteiger partial charge in [0.15, 0.2) is 0 Å². The number of carbonyl (C=O) groups is 1. The third-order valence-electron chi connectivity index (χ3n) is 4.92. The molecule has 3 rings (SSSR count). The number of aliphatic hydroxyl groups is 4. The number of hydrogen-bond donors (Lipinski definition) is 7. The number of carbonyl (C=O) groups excluding carboxylic acids is 1. The van der Waals surface area contributed by atoms with Gasteiger partial charge >= 0.3 is 0 Å². The number of aryl methyl sites for hydroxylation is 1. The number of pyridine rings is 1. The minimum absolute atomic E-state index is 0.275. The van der Waals surface area contributed by atoms with Gasteiger partial charge in [-0.3, -0.25) is 4.79 Å². The van der Waals surface area contributed by atoms with Gasteiger partial charge in [0.25, 0.3) is 5.56 Å². The molecule has 0 unspecified atom stereocenters. The molecule has 0 bridgehead atoms. The van der Waals surface area contributed by atoms with Gasteiger partial charge in [0.05, 0.1) is 23.4 Å². The average Bonchev–Trinajstić information content (AvgIpc) is 3.24. The van der Waals surface area contributed by atoms with Gasteiger partial charge in [-0.1, -0.05) is 6.07 Å². The Balaban J connectivity index is 1.93. The zero-order valence-corrected chi connectivity index (χ0v) is 15.7. The normalized spacial score (nSPS) is 15.6. The summed E-state index contributed by atoms with van der Waals surface area (Å²) in [6.07, 6.45) is -2.82. The number of H-pyrrole nitrogens is 2. The van der Waals surface area contributed by atoms with Crippen molar-refractivity contribution in [1.29, 1.82) is 0 Å². The first-order valence-corrected chi connectivity index (χ1v) is 9.04. The van der Waals surface area contributed by atoms with E-state index in [0.717, 1.165) is 10.9 Å². The monoisotopic (exact) mass is 401 g/mol. The van der Waals surface area contributed by atoms with Crippen LogP contribution in [0.4, 0.5) is 5.69 Å². The topological polar surface area (TPSA) is 159 Å². The van der Waals surface area contributed by atoms with E-state index in [1.54, 1.807) is 30.5 Å². The molecule has 9 heteroatoms. The Bertz CT molecular complexity index is 1050. The van der Waals surface area contributed by atoms with Crippen LogP contribution < -0.4 is 10.9 Å². The molecule has 0 radical (unpaired) electrons. The van der Waals surface area contributed by atoms with E-state index in [0.29, 0.717) is 28.7 Å². The predicted octanol–water partition coefficient (Wildman–Crippen LogP) is -0.114. The summed E-state index contributed by atoms with van der Waals surface area (Å²) in [4.78, 5) is 29.8. The number of nitrogens with one attached hydrogen (secondary N) is 3. The summed E-state index contributed by atoms with van der Waals surface area (Å²) in [5.74, 6) is 0. The maximum Gasteiger partial charge on any atom is 0.258 e. The van der Waals surface area contributed by atoms with Crippen LogP contribution in [0.3, 0.4) is 0 Å². The highest BCUT2D eigenvalue weighted by Gasteiger charge is 2.31. The molecule has 0 spiro atoms. The van der Waals surface area contributed by atoms with Crippen LogP contribution in [-0.2, 0) is 4.79 Å². The summed E-state index contributed by atoms with van der Waals surface area (Å²) in [6, 6.07) is 7.42. The van der Waals surface area contributed by atoms with Gasteiger partial charge in [-0.15, -0.1) is 0 Å². The number of aromatic amines is 2. The Labute approximate surface area is 165 Å². The van der Waals surface area contributed by atoms with Crippen LogP contribution in [0.25, 0.3) is 22.2 Å². The van der Waals surface area contributed by atoms with Crippen molar-refractivity contribution >= 4 is 22.9 Å². The number of benzene rings is 1. The molecule has 29 heavy (non-hydrogen) atoms. The van der Waals surface area contributed by atoms with Crippen molar-refractivity contribution < 1.29 is 25.2 Å². The predicted molar refractivity (Wildman–Crippen MR) is 108 cm³/mol. The molecule has 154 valence electrons. The average molecular weight is 401 g/mol. The molecule has 0 aliphatic carbocycles. The molecule has 4 atom stereocenters. The van der Waals surface area contributed by atoms with Crippen LogP contribution in [0.5, 0.6) is 0 Å². The number of aldehydes is 1. The first-order chi connectivity index (χ1) is 13.9. The first-order valence-electron chi connectivity index (χ1n) is 9.04. The zero-order chi connectivity index (χ0) is 21.1. The first kappa shape index (κ1) is 20.7. The van der Waals surface area contributed by atoms with Gasteiger partial charge in [-0.05, 0) is 36.8 Å². The van der Waals surface area contributed by atoms with Crippen molar-refractivity contribution in [3.63, 3.8) is 0 Å². The molecule has 0 saturated carbocycles. The molecular weight excluding hydrogens is 378 g/mol. The summed E-state index contributed by atoms with van der Waals surface area (Å²) < 4.78 is 0. The van der Waals surface area contributed by atoms with E-state index >= 15 is 0 Å². The molecular formula is C20H23N3O6. The van der Waals surface area contributed by atoms with Gasteiger partial charge in [-0.25, -0.2) is 0 Å². The van der Waals surface area contributed by atoms with Gasteiger partial charge in [0.2, 0.25) is 0 Å². The van der Waals surface area contributed by atoms with E-state index in [-0.39, 0.29) is 5.56 Å². The highest BCUT2D eigenvalue weighted by molar-refractivity contribution is 5.90. The number of aliphatic hydroxyl groups excluding tert-OH is 4. The van der Waals surface area contributed by atoms with Crippen molar-refractivity contribution in [3.8, 4) is 11.3 Å². The number of hydrogen-bond acceptors (Lipinski definition) is 7. The molecule has 2 aromatic heterocycles. The Kier molecular flexibility index (Phi) is 6.14. The number of aromatic nitrogens is 2. The van der Waals surface area contributed by atoms with Crippen LogP contribution in [0, 0.1) is 6.92 Å². The number of anilines is 1. The van der Waals surface area contributed by atoms with Crippen LogP contribution in [0.2, 0.25) is 0 Å². The Morgan fingerprint density at radius 2 is 1.93 bits per heavy atom. The fraction of sp³-hybridized carbons (Fsp3) is 0.300. The van der Waals surface area contributed by atoms with Crippen molar-refractivity contribution in [2.45, 2.75) is 31.3 Å². The summed E-state index contributed by atoms with van der Waals surface area (Å²) >= 11 is 0. The maximum atomic E-state index is 12.6. The molecule has 0 fully saturated rings. The molecule has 9 nitrogen and oxygen atoms in total. The standard InChI is InChI=1S/C20H23N3O6/c1-10-12-5-4-11(22-15(8-24)18(27)19(28)16(26)9-25)7-14(12)23-20(29)17(10)13-3-2-6-21-13/h2-8,15-16,18-19,21-22,25-28H,9H2,1H3,(H,23,29)/t15-,16+,18+,19+/m0/s1. The van der Waals surface area contributed by atoms with E-state index < -0.39 is 31.0 Å². The van der Waals surface area contributed by atoms with E-state index in [1.165, 1.54) is 0 Å². The van der Waals surface area contributed by atoms with Gasteiger partial charge < -0.3 is 40.5 Å². The zero-order valence-electron chi connectivity index (χ0n) is 15.7. The van der Waals surface area contributed by atoms with E-state index in [9.17, 15) is 24.9 Å². The van der Waals surface area contributed by atoms with Gasteiger partial charge in [-0.2, -0.15) is 0 Å². The lowest BCUT2D eigenvalue weighted by Gasteiger charge is -2.27. The highest BCUT2D eigenvalue weighted by Crippen LogP contribution is 2.26. The Morgan fingerprint density at radius 3 is 2.55 bits per heavy atom. The second-order valence-corrected chi connectivity index (χ2v) is 6.84. The van der Waals surface area contributed by atoms with Crippen LogP contribution in [-0.4, -0.2) is 67.6 Å². The largest absolute Gasteiger partial charge is 0.394 e. The van der Waals surface area contributed by atoms with E-state index in [2.05, 4.69) is 15.3 Å². The third-order valence-corrected chi connectivity index (χ3v) is 4.92. The Morgan fingerprint density at radius 1 is 1.17 bits per heavy atom. The minimum Gasteiger partial charge on any atom is -0.394 e. The smallest absolute Gasteiger partial charge is 0.258 e. The molecule has 0 aliphatic rings. The summed E-state index contributed by atoms with van der Waals surface area (Å²) in [5.41, 5.74) is 2.69. The summed E-state index contributed by atoms with van der Waals surface area (Å²) in [7, 11) is 0. The van der Waals surface area contributed by atoms with Crippen molar-refractivity contribution in [3.05, 3.63) is 52.4 Å². The minimum atomic E-state index is -1.71. The summed E-state index contributed by atoms with van der Waals surface area (Å²) in [5, 5.41) is 41.9. The van der Waals surface area contributed by atoms with Crippen LogP contribution in [0.1, 0.15) is 5.56 Å². The number of fused-ring (bicyclic) bond motifs is 1. The molecule has 0 saturated heterocycles. The van der Waals surface area contributed by atoms with Gasteiger partial charge in [0, 0.05) is 17.3 Å². The van der Waals surface area contributed by atoms with Crippen molar-refractivity contribution in [1.82, 2.24) is 9.97 Å². The number of rotatable bonds is 8. The van der Waals surface area contributed by atoms with Crippen LogP contribution >= 0.6 is 0 Å². The summed E-state index contributed by atoms with van der Waals surface area (Å²) in [6.45, 7) is 1.08. The quantitative estimate of drug-likeness (QED) is 0.259. The molecule has 0 amide bonds. The second kappa shape index (κ2) is 8.58. The third kappa shape index (κ3) is 4.08. The molecule has 3 aromatic rings.